The standard InChI is InChI=1S/C29H37N7O2/c1-20-6-8-21(9-7-20)25-17-27(25)30-14-4-5-26(29(38)35-18-24(19-35)34(2)3)32-28(37)22-10-12-23(13-11-22)36-16-15-31-33-36/h6-13,15-16,24-27,30H,4-5,14,17-19H2,1-3H3,(H,32,37)/t25-,26-,27+/m0/s1. The van der Waals surface area contributed by atoms with Crippen molar-refractivity contribution in [2.24, 2.45) is 0 Å². The topological polar surface area (TPSA) is 95.4 Å². The van der Waals surface area contributed by atoms with E-state index in [-0.39, 0.29) is 11.8 Å². The van der Waals surface area contributed by atoms with Gasteiger partial charge in [-0.1, -0.05) is 35.0 Å². The van der Waals surface area contributed by atoms with E-state index in [0.717, 1.165) is 25.1 Å². The van der Waals surface area contributed by atoms with Crippen LogP contribution >= 0.6 is 0 Å². The number of aryl methyl sites for hydroxylation is 1. The summed E-state index contributed by atoms with van der Waals surface area (Å²) in [6, 6.07) is 16.2. The van der Waals surface area contributed by atoms with Crippen LogP contribution in [0.25, 0.3) is 5.69 Å². The van der Waals surface area contributed by atoms with Gasteiger partial charge in [0.05, 0.1) is 18.1 Å². The third-order valence-electron chi connectivity index (χ3n) is 7.70. The molecular formula is C29H37N7O2. The average molecular weight is 516 g/mol. The molecule has 1 saturated heterocycles. The molecular weight excluding hydrogens is 478 g/mol. The second kappa shape index (κ2) is 11.4. The number of likely N-dealkylation sites (N-methyl/N-ethyl adjacent to an activating group) is 1. The zero-order valence-corrected chi connectivity index (χ0v) is 22.4. The van der Waals surface area contributed by atoms with Gasteiger partial charge in [0.15, 0.2) is 0 Å². The molecule has 2 aromatic carbocycles. The maximum absolute atomic E-state index is 13.3. The summed E-state index contributed by atoms with van der Waals surface area (Å²) in [7, 11) is 4.06. The van der Waals surface area contributed by atoms with Gasteiger partial charge in [0.25, 0.3) is 5.91 Å². The summed E-state index contributed by atoms with van der Waals surface area (Å²) in [5, 5.41) is 14.5. The Morgan fingerprint density at radius 1 is 1.08 bits per heavy atom. The minimum Gasteiger partial charge on any atom is -0.340 e. The number of aromatic nitrogens is 3. The number of rotatable bonds is 11. The Kier molecular flexibility index (Phi) is 7.85. The molecule has 1 aliphatic carbocycles. The van der Waals surface area contributed by atoms with Crippen LogP contribution in [0.3, 0.4) is 0 Å². The van der Waals surface area contributed by atoms with Gasteiger partial charge >= 0.3 is 0 Å². The van der Waals surface area contributed by atoms with Crippen LogP contribution in [-0.2, 0) is 4.79 Å². The van der Waals surface area contributed by atoms with E-state index in [1.54, 1.807) is 29.2 Å². The molecule has 1 saturated carbocycles. The highest BCUT2D eigenvalue weighted by Crippen LogP contribution is 2.40. The lowest BCUT2D eigenvalue weighted by atomic mass is 10.0. The number of hydrogen-bond acceptors (Lipinski definition) is 6. The van der Waals surface area contributed by atoms with Crippen LogP contribution in [0.1, 0.15) is 46.7 Å². The van der Waals surface area contributed by atoms with E-state index >= 15 is 0 Å². The zero-order valence-electron chi connectivity index (χ0n) is 22.4. The zero-order chi connectivity index (χ0) is 26.6. The van der Waals surface area contributed by atoms with Crippen molar-refractivity contribution in [2.75, 3.05) is 33.7 Å². The first-order valence-electron chi connectivity index (χ1n) is 13.4. The van der Waals surface area contributed by atoms with Gasteiger partial charge < -0.3 is 20.4 Å². The van der Waals surface area contributed by atoms with Gasteiger partial charge in [-0.3, -0.25) is 9.59 Å². The third-order valence-corrected chi connectivity index (χ3v) is 7.70. The fraction of sp³-hybridized carbons (Fsp3) is 0.448. The maximum atomic E-state index is 13.3. The quantitative estimate of drug-likeness (QED) is 0.381. The largest absolute Gasteiger partial charge is 0.340 e. The summed E-state index contributed by atoms with van der Waals surface area (Å²) in [5.41, 5.74) is 3.99. The lowest BCUT2D eigenvalue weighted by molar-refractivity contribution is -0.140. The van der Waals surface area contributed by atoms with Gasteiger partial charge in [-0.15, -0.1) is 5.10 Å². The van der Waals surface area contributed by atoms with E-state index in [2.05, 4.69) is 57.0 Å². The van der Waals surface area contributed by atoms with Crippen LogP contribution < -0.4 is 10.6 Å². The number of benzene rings is 2. The number of carbonyl (C=O) groups is 2. The van der Waals surface area contributed by atoms with Crippen LogP contribution in [-0.4, -0.2) is 88.5 Å². The molecule has 3 aromatic rings. The first-order chi connectivity index (χ1) is 18.4. The molecule has 1 aliphatic heterocycles. The smallest absolute Gasteiger partial charge is 0.251 e. The Morgan fingerprint density at radius 3 is 2.47 bits per heavy atom. The molecule has 9 heteroatoms. The Morgan fingerprint density at radius 2 is 1.82 bits per heavy atom. The number of nitrogens with zero attached hydrogens (tertiary/aromatic N) is 5. The number of amides is 2. The predicted molar refractivity (Wildman–Crippen MR) is 146 cm³/mol. The minimum atomic E-state index is -0.547. The molecule has 0 unspecified atom stereocenters. The molecule has 9 nitrogen and oxygen atoms in total. The molecule has 2 heterocycles. The van der Waals surface area contributed by atoms with Gasteiger partial charge in [-0.2, -0.15) is 0 Å². The van der Waals surface area contributed by atoms with Crippen molar-refractivity contribution in [1.29, 1.82) is 0 Å². The monoisotopic (exact) mass is 515 g/mol. The van der Waals surface area contributed by atoms with Crippen LogP contribution in [0, 0.1) is 6.92 Å². The van der Waals surface area contributed by atoms with Crippen molar-refractivity contribution in [3.8, 4) is 5.69 Å². The molecule has 38 heavy (non-hydrogen) atoms. The lowest BCUT2D eigenvalue weighted by Crippen LogP contribution is -2.63. The fourth-order valence-electron chi connectivity index (χ4n) is 4.99. The van der Waals surface area contributed by atoms with E-state index in [1.165, 1.54) is 11.1 Å². The Hall–Kier alpha value is -3.56. The van der Waals surface area contributed by atoms with E-state index in [4.69, 9.17) is 0 Å². The van der Waals surface area contributed by atoms with Gasteiger partial charge in [0, 0.05) is 36.7 Å². The lowest BCUT2D eigenvalue weighted by Gasteiger charge is -2.44. The van der Waals surface area contributed by atoms with E-state index < -0.39 is 6.04 Å². The molecule has 3 atom stereocenters. The van der Waals surface area contributed by atoms with Crippen LogP contribution in [0.15, 0.2) is 60.9 Å². The molecule has 5 rings (SSSR count). The van der Waals surface area contributed by atoms with Crippen LogP contribution in [0.5, 0.6) is 0 Å². The normalized spacial score (nSPS) is 19.7. The third kappa shape index (κ3) is 6.11. The van der Waals surface area contributed by atoms with Crippen molar-refractivity contribution in [3.05, 3.63) is 77.6 Å². The summed E-state index contributed by atoms with van der Waals surface area (Å²) < 4.78 is 1.63. The number of hydrogen-bond donors (Lipinski definition) is 2. The molecule has 2 aliphatic rings. The van der Waals surface area contributed by atoms with Crippen molar-refractivity contribution in [2.45, 2.75) is 50.2 Å². The van der Waals surface area contributed by atoms with Crippen LogP contribution in [0.4, 0.5) is 0 Å². The first-order valence-corrected chi connectivity index (χ1v) is 13.4. The summed E-state index contributed by atoms with van der Waals surface area (Å²) in [4.78, 5) is 30.4. The molecule has 2 amide bonds. The first kappa shape index (κ1) is 26.1. The molecule has 0 spiro atoms. The Balaban J connectivity index is 1.15. The van der Waals surface area contributed by atoms with Crippen molar-refractivity contribution < 1.29 is 9.59 Å². The fourth-order valence-corrected chi connectivity index (χ4v) is 4.99. The van der Waals surface area contributed by atoms with Gasteiger partial charge in [0.2, 0.25) is 5.91 Å². The van der Waals surface area contributed by atoms with Crippen molar-refractivity contribution >= 4 is 11.8 Å². The summed E-state index contributed by atoms with van der Waals surface area (Å²) in [5.74, 6) is 0.324. The van der Waals surface area contributed by atoms with E-state index in [0.29, 0.717) is 43.1 Å². The molecule has 200 valence electrons. The second-order valence-electron chi connectivity index (χ2n) is 10.7. The second-order valence-corrected chi connectivity index (χ2v) is 10.7. The predicted octanol–water partition coefficient (Wildman–Crippen LogP) is 2.37. The molecule has 1 aromatic heterocycles. The van der Waals surface area contributed by atoms with Crippen LogP contribution in [0.2, 0.25) is 0 Å². The van der Waals surface area contributed by atoms with Gasteiger partial charge in [-0.25, -0.2) is 4.68 Å². The maximum Gasteiger partial charge on any atom is 0.251 e. The highest BCUT2D eigenvalue weighted by atomic mass is 16.2. The van der Waals surface area contributed by atoms with E-state index in [9.17, 15) is 9.59 Å². The van der Waals surface area contributed by atoms with Gasteiger partial charge in [0.1, 0.15) is 6.04 Å². The highest BCUT2D eigenvalue weighted by Gasteiger charge is 2.38. The number of carbonyl (C=O) groups excluding carboxylic acids is 2. The molecule has 0 bridgehead atoms. The Bertz CT molecular complexity index is 1220. The Labute approximate surface area is 224 Å². The van der Waals surface area contributed by atoms with Gasteiger partial charge in [-0.05, 0) is 76.7 Å². The van der Waals surface area contributed by atoms with E-state index in [1.807, 2.05) is 31.1 Å². The van der Waals surface area contributed by atoms with Crippen molar-refractivity contribution in [3.63, 3.8) is 0 Å². The molecule has 2 N–H and O–H groups in total. The SMILES string of the molecule is Cc1ccc([C@@H]2C[C@H]2NCCC[C@H](NC(=O)c2ccc(-n3ccnn3)cc2)C(=O)N2CC(N(C)C)C2)cc1. The summed E-state index contributed by atoms with van der Waals surface area (Å²) in [6.45, 7) is 4.32. The summed E-state index contributed by atoms with van der Waals surface area (Å²) >= 11 is 0. The number of nitrogens with one attached hydrogen (secondary N) is 2. The highest BCUT2D eigenvalue weighted by molar-refractivity contribution is 5.97. The number of likely N-dealkylation sites (tertiary alicyclic amines) is 1. The average Bonchev–Trinajstić information content (AvgIpc) is 3.43. The molecule has 0 radical (unpaired) electrons. The van der Waals surface area contributed by atoms with Crippen molar-refractivity contribution in [1.82, 2.24) is 35.4 Å². The molecule has 2 fully saturated rings. The summed E-state index contributed by atoms with van der Waals surface area (Å²) in [6.07, 6.45) is 5.90. The minimum absolute atomic E-state index is 0.000334.